The third kappa shape index (κ3) is 6.33. The Kier molecular flexibility index (Phi) is 8.36. The fourth-order valence-electron chi connectivity index (χ4n) is 4.19. The highest BCUT2D eigenvalue weighted by Crippen LogP contribution is 2.22. The Bertz CT molecular complexity index is 737. The molecule has 0 radical (unpaired) electrons. The van der Waals surface area contributed by atoms with Crippen LogP contribution in [0.3, 0.4) is 0 Å². The lowest BCUT2D eigenvalue weighted by atomic mass is 10.0. The quantitative estimate of drug-likeness (QED) is 0.708. The third-order valence-corrected chi connectivity index (χ3v) is 6.27. The van der Waals surface area contributed by atoms with E-state index in [0.717, 1.165) is 51.1 Å². The van der Waals surface area contributed by atoms with E-state index in [4.69, 9.17) is 16.3 Å². The highest BCUT2D eigenvalue weighted by atomic mass is 35.5. The van der Waals surface area contributed by atoms with Gasteiger partial charge in [0.1, 0.15) is 5.75 Å². The van der Waals surface area contributed by atoms with Crippen molar-refractivity contribution in [3.63, 3.8) is 0 Å². The van der Waals surface area contributed by atoms with Crippen LogP contribution in [0.1, 0.15) is 31.7 Å². The Labute approximate surface area is 184 Å². The van der Waals surface area contributed by atoms with Crippen molar-refractivity contribution in [3.8, 4) is 5.75 Å². The molecule has 2 aliphatic heterocycles. The lowest BCUT2D eigenvalue weighted by Crippen LogP contribution is -2.53. The van der Waals surface area contributed by atoms with Crippen molar-refractivity contribution in [2.75, 3.05) is 52.9 Å². The van der Waals surface area contributed by atoms with E-state index in [2.05, 4.69) is 22.0 Å². The summed E-state index contributed by atoms with van der Waals surface area (Å²) in [5.74, 6) is 0.925. The minimum atomic E-state index is -0.0244. The molecule has 2 fully saturated rings. The van der Waals surface area contributed by atoms with E-state index in [1.165, 1.54) is 6.42 Å². The third-order valence-electron chi connectivity index (χ3n) is 6.03. The van der Waals surface area contributed by atoms with E-state index in [-0.39, 0.29) is 11.8 Å². The average Bonchev–Trinajstić information content (AvgIpc) is 2.74. The number of rotatable bonds is 7. The van der Waals surface area contributed by atoms with Gasteiger partial charge in [-0.05, 0) is 44.4 Å². The van der Waals surface area contributed by atoms with E-state index < -0.39 is 0 Å². The molecule has 30 heavy (non-hydrogen) atoms. The Balaban J connectivity index is 1.38. The molecule has 2 aliphatic rings. The van der Waals surface area contributed by atoms with Gasteiger partial charge in [-0.15, -0.1) is 0 Å². The van der Waals surface area contributed by atoms with Gasteiger partial charge in [-0.1, -0.05) is 11.6 Å². The Morgan fingerprint density at radius 2 is 1.80 bits per heavy atom. The van der Waals surface area contributed by atoms with Crippen LogP contribution in [0.15, 0.2) is 18.2 Å². The van der Waals surface area contributed by atoms with Crippen LogP contribution in [0.2, 0.25) is 5.02 Å². The monoisotopic (exact) mass is 436 g/mol. The Hall–Kier alpha value is -1.83. The van der Waals surface area contributed by atoms with Crippen molar-refractivity contribution in [2.45, 2.75) is 38.8 Å². The van der Waals surface area contributed by atoms with Crippen molar-refractivity contribution in [2.24, 2.45) is 0 Å². The predicted molar refractivity (Wildman–Crippen MR) is 118 cm³/mol. The van der Waals surface area contributed by atoms with Gasteiger partial charge < -0.3 is 15.0 Å². The summed E-state index contributed by atoms with van der Waals surface area (Å²) < 4.78 is 5.32. The normalized spacial score (nSPS) is 20.8. The summed E-state index contributed by atoms with van der Waals surface area (Å²) in [5.41, 5.74) is 0.855. The number of amides is 2. The lowest BCUT2D eigenvalue weighted by molar-refractivity contribution is -0.136. The summed E-state index contributed by atoms with van der Waals surface area (Å²) in [7, 11) is 1.60. The fraction of sp³-hybridized carbons (Fsp3) is 0.636. The van der Waals surface area contributed by atoms with Gasteiger partial charge in [0.15, 0.2) is 0 Å². The van der Waals surface area contributed by atoms with Crippen LogP contribution in [0.25, 0.3) is 0 Å². The van der Waals surface area contributed by atoms with Gasteiger partial charge >= 0.3 is 0 Å². The molecule has 0 aromatic heterocycles. The summed E-state index contributed by atoms with van der Waals surface area (Å²) in [6, 6.07) is 5.73. The summed E-state index contributed by atoms with van der Waals surface area (Å²) in [6.45, 7) is 7.45. The minimum absolute atomic E-state index is 0.0244. The highest BCUT2D eigenvalue weighted by molar-refractivity contribution is 6.30. The molecule has 0 spiro atoms. The van der Waals surface area contributed by atoms with Gasteiger partial charge in [0.25, 0.3) is 0 Å². The predicted octanol–water partition coefficient (Wildman–Crippen LogP) is 1.98. The number of carbonyl (C=O) groups is 2. The number of ether oxygens (including phenoxy) is 1. The number of piperidine rings is 1. The molecule has 7 nitrogen and oxygen atoms in total. The average molecular weight is 437 g/mol. The first kappa shape index (κ1) is 22.8. The maximum Gasteiger partial charge on any atom is 0.236 e. The number of carbonyl (C=O) groups excluding carboxylic acids is 2. The van der Waals surface area contributed by atoms with Crippen molar-refractivity contribution in [1.82, 2.24) is 20.0 Å². The topological polar surface area (TPSA) is 65.1 Å². The van der Waals surface area contributed by atoms with Crippen LogP contribution >= 0.6 is 11.6 Å². The molecule has 1 unspecified atom stereocenters. The number of halogens is 1. The molecular formula is C22H33ClN4O3. The number of hydrogen-bond donors (Lipinski definition) is 1. The van der Waals surface area contributed by atoms with Crippen LogP contribution in [-0.4, -0.2) is 85.5 Å². The molecule has 0 aliphatic carbocycles. The molecule has 2 heterocycles. The van der Waals surface area contributed by atoms with E-state index >= 15 is 0 Å². The Morgan fingerprint density at radius 1 is 1.10 bits per heavy atom. The van der Waals surface area contributed by atoms with Crippen molar-refractivity contribution in [1.29, 1.82) is 0 Å². The number of nitrogens with zero attached hydrogens (tertiary/aromatic N) is 3. The molecular weight excluding hydrogens is 404 g/mol. The van der Waals surface area contributed by atoms with Crippen LogP contribution < -0.4 is 10.1 Å². The summed E-state index contributed by atoms with van der Waals surface area (Å²) in [4.78, 5) is 31.4. The number of methoxy groups -OCH3 is 1. The van der Waals surface area contributed by atoms with E-state index in [9.17, 15) is 9.59 Å². The second-order valence-electron chi connectivity index (χ2n) is 8.22. The molecule has 1 aromatic rings. The maximum atomic E-state index is 12.6. The van der Waals surface area contributed by atoms with Gasteiger partial charge in [0, 0.05) is 55.9 Å². The number of hydrogen-bond acceptors (Lipinski definition) is 5. The first-order chi connectivity index (χ1) is 14.5. The largest absolute Gasteiger partial charge is 0.496 e. The van der Waals surface area contributed by atoms with E-state index in [1.807, 2.05) is 4.90 Å². The maximum absolute atomic E-state index is 12.6. The molecule has 2 saturated heterocycles. The van der Waals surface area contributed by atoms with Gasteiger partial charge in [-0.3, -0.25) is 19.4 Å². The zero-order valence-electron chi connectivity index (χ0n) is 18.0. The lowest BCUT2D eigenvalue weighted by Gasteiger charge is -2.37. The number of piperazine rings is 1. The van der Waals surface area contributed by atoms with Gasteiger partial charge in [0.2, 0.25) is 11.8 Å². The molecule has 1 N–H and O–H groups in total. The van der Waals surface area contributed by atoms with E-state index in [0.29, 0.717) is 36.4 Å². The van der Waals surface area contributed by atoms with Gasteiger partial charge in [-0.25, -0.2) is 0 Å². The van der Waals surface area contributed by atoms with E-state index in [1.54, 1.807) is 25.3 Å². The molecule has 8 heteroatoms. The molecule has 166 valence electrons. The van der Waals surface area contributed by atoms with Gasteiger partial charge in [-0.2, -0.15) is 0 Å². The van der Waals surface area contributed by atoms with Crippen LogP contribution in [0.4, 0.5) is 0 Å². The fourth-order valence-corrected chi connectivity index (χ4v) is 4.39. The minimum Gasteiger partial charge on any atom is -0.496 e. The molecule has 1 atom stereocenters. The first-order valence-corrected chi connectivity index (χ1v) is 11.2. The highest BCUT2D eigenvalue weighted by Gasteiger charge is 2.26. The Morgan fingerprint density at radius 3 is 2.47 bits per heavy atom. The number of nitrogens with one attached hydrogen (secondary N) is 1. The molecule has 3 rings (SSSR count). The van der Waals surface area contributed by atoms with Crippen LogP contribution in [-0.2, 0) is 16.1 Å². The van der Waals surface area contributed by atoms with Crippen molar-refractivity contribution < 1.29 is 14.3 Å². The SMILES string of the molecule is COc1ccc(Cl)cc1CNC(=O)CN1CCN(CC(=O)N2CCCCC2C)CC1. The second kappa shape index (κ2) is 11.0. The molecule has 2 amide bonds. The molecule has 0 saturated carbocycles. The second-order valence-corrected chi connectivity index (χ2v) is 8.65. The smallest absolute Gasteiger partial charge is 0.236 e. The number of likely N-dealkylation sites (tertiary alicyclic amines) is 1. The molecule has 1 aromatic carbocycles. The van der Waals surface area contributed by atoms with Crippen molar-refractivity contribution in [3.05, 3.63) is 28.8 Å². The van der Waals surface area contributed by atoms with Crippen molar-refractivity contribution >= 4 is 23.4 Å². The summed E-state index contributed by atoms with van der Waals surface area (Å²) >= 11 is 6.04. The van der Waals surface area contributed by atoms with Crippen LogP contribution in [0.5, 0.6) is 5.75 Å². The molecule has 0 bridgehead atoms. The standard InChI is InChI=1S/C22H33ClN4O3/c1-17-5-3-4-8-27(17)22(29)16-26-11-9-25(10-12-26)15-21(28)24-14-18-13-19(23)6-7-20(18)30-2/h6-7,13,17H,3-5,8-12,14-16H2,1-2H3,(H,24,28). The number of benzene rings is 1. The van der Waals surface area contributed by atoms with Gasteiger partial charge in [0.05, 0.1) is 20.2 Å². The first-order valence-electron chi connectivity index (χ1n) is 10.8. The zero-order valence-corrected chi connectivity index (χ0v) is 18.8. The van der Waals surface area contributed by atoms with Crippen LogP contribution in [0, 0.1) is 0 Å². The summed E-state index contributed by atoms with van der Waals surface area (Å²) in [5, 5.41) is 3.56. The zero-order chi connectivity index (χ0) is 21.5. The summed E-state index contributed by atoms with van der Waals surface area (Å²) in [6.07, 6.45) is 3.44.